The minimum absolute atomic E-state index is 0.170. The van der Waals surface area contributed by atoms with E-state index in [2.05, 4.69) is 35.4 Å². The molecule has 0 bridgehead atoms. The molecular formula is C14H23N5. The first-order valence-corrected chi connectivity index (χ1v) is 6.93. The third kappa shape index (κ3) is 2.87. The fourth-order valence-corrected chi connectivity index (χ4v) is 2.17. The van der Waals surface area contributed by atoms with Crippen molar-refractivity contribution in [3.63, 3.8) is 0 Å². The lowest BCUT2D eigenvalue weighted by Gasteiger charge is -2.27. The smallest absolute Gasteiger partial charge is 0.0951 e. The van der Waals surface area contributed by atoms with Crippen molar-refractivity contribution in [1.82, 2.24) is 19.3 Å². The van der Waals surface area contributed by atoms with Crippen LogP contribution in [0.2, 0.25) is 0 Å². The topological polar surface area (TPSA) is 61.7 Å². The fourth-order valence-electron chi connectivity index (χ4n) is 2.17. The van der Waals surface area contributed by atoms with Crippen LogP contribution in [0.5, 0.6) is 0 Å². The van der Waals surface area contributed by atoms with Crippen LogP contribution < -0.4 is 5.73 Å². The van der Waals surface area contributed by atoms with E-state index in [1.54, 1.807) is 0 Å². The molecule has 0 saturated carbocycles. The van der Waals surface area contributed by atoms with Gasteiger partial charge in [0, 0.05) is 30.4 Å². The summed E-state index contributed by atoms with van der Waals surface area (Å²) in [6, 6.07) is 0. The zero-order valence-corrected chi connectivity index (χ0v) is 12.0. The highest BCUT2D eigenvalue weighted by atomic mass is 15.3. The quantitative estimate of drug-likeness (QED) is 0.867. The molecule has 0 amide bonds. The molecule has 0 fully saturated rings. The lowest BCUT2D eigenvalue weighted by molar-refractivity contribution is 0.340. The Kier molecular flexibility index (Phi) is 4.04. The zero-order chi connectivity index (χ0) is 13.9. The average Bonchev–Trinajstić information content (AvgIpc) is 3.06. The van der Waals surface area contributed by atoms with Gasteiger partial charge in [-0.15, -0.1) is 0 Å². The molecule has 0 radical (unpaired) electrons. The van der Waals surface area contributed by atoms with Gasteiger partial charge in [0.15, 0.2) is 0 Å². The van der Waals surface area contributed by atoms with Crippen molar-refractivity contribution < 1.29 is 0 Å². The van der Waals surface area contributed by atoms with Crippen molar-refractivity contribution in [2.24, 2.45) is 5.73 Å². The van der Waals surface area contributed by atoms with Gasteiger partial charge in [0.2, 0.25) is 0 Å². The second kappa shape index (κ2) is 5.57. The predicted octanol–water partition coefficient (Wildman–Crippen LogP) is 2.28. The van der Waals surface area contributed by atoms with E-state index in [0.717, 1.165) is 37.2 Å². The summed E-state index contributed by atoms with van der Waals surface area (Å²) in [4.78, 5) is 4.26. The van der Waals surface area contributed by atoms with E-state index in [0.29, 0.717) is 0 Å². The standard InChI is InChI=1S/C14H23N5/c1-4-14(15,5-2)10-18-11-16-8-13(18)12-7-17-19(6-3)9-12/h7-9,11H,4-6,10,15H2,1-3H3. The zero-order valence-electron chi connectivity index (χ0n) is 12.0. The van der Waals surface area contributed by atoms with Crippen LogP contribution in [0.3, 0.4) is 0 Å². The first kappa shape index (κ1) is 13.8. The predicted molar refractivity (Wildman–Crippen MR) is 76.6 cm³/mol. The molecule has 2 N–H and O–H groups in total. The SMILES string of the molecule is CCn1cc(-c2cncn2CC(N)(CC)CC)cn1. The molecule has 104 valence electrons. The van der Waals surface area contributed by atoms with Crippen molar-refractivity contribution in [2.45, 2.75) is 52.2 Å². The first-order valence-electron chi connectivity index (χ1n) is 6.93. The van der Waals surface area contributed by atoms with E-state index in [1.165, 1.54) is 0 Å². The van der Waals surface area contributed by atoms with Gasteiger partial charge in [-0.1, -0.05) is 13.8 Å². The Morgan fingerprint density at radius 3 is 2.53 bits per heavy atom. The summed E-state index contributed by atoms with van der Waals surface area (Å²) < 4.78 is 4.05. The van der Waals surface area contributed by atoms with Gasteiger partial charge < -0.3 is 10.3 Å². The van der Waals surface area contributed by atoms with Crippen LogP contribution in [0.15, 0.2) is 24.9 Å². The highest BCUT2D eigenvalue weighted by Gasteiger charge is 2.22. The summed E-state index contributed by atoms with van der Waals surface area (Å²) >= 11 is 0. The molecule has 0 aliphatic rings. The number of aryl methyl sites for hydroxylation is 1. The molecule has 2 aromatic heterocycles. The number of hydrogen-bond donors (Lipinski definition) is 1. The molecule has 0 unspecified atom stereocenters. The second-order valence-electron chi connectivity index (χ2n) is 5.06. The van der Waals surface area contributed by atoms with Gasteiger partial charge >= 0.3 is 0 Å². The van der Waals surface area contributed by atoms with Gasteiger partial charge in [-0.05, 0) is 19.8 Å². The number of hydrogen-bond acceptors (Lipinski definition) is 3. The Labute approximate surface area is 114 Å². The molecule has 2 rings (SSSR count). The molecular weight excluding hydrogens is 238 g/mol. The average molecular weight is 261 g/mol. The summed E-state index contributed by atoms with van der Waals surface area (Å²) in [5.41, 5.74) is 8.40. The molecule has 0 atom stereocenters. The van der Waals surface area contributed by atoms with Gasteiger partial charge in [0.1, 0.15) is 0 Å². The van der Waals surface area contributed by atoms with Gasteiger partial charge in [0.05, 0.1) is 24.4 Å². The largest absolute Gasteiger partial charge is 0.329 e. The van der Waals surface area contributed by atoms with Crippen LogP contribution >= 0.6 is 0 Å². The van der Waals surface area contributed by atoms with Crippen LogP contribution in [0, 0.1) is 0 Å². The highest BCUT2D eigenvalue weighted by molar-refractivity contribution is 5.56. The van der Waals surface area contributed by atoms with E-state index >= 15 is 0 Å². The minimum atomic E-state index is -0.170. The molecule has 19 heavy (non-hydrogen) atoms. The number of aromatic nitrogens is 4. The van der Waals surface area contributed by atoms with E-state index in [-0.39, 0.29) is 5.54 Å². The molecule has 0 aliphatic heterocycles. The number of nitrogens with two attached hydrogens (primary N) is 1. The number of imidazole rings is 1. The lowest BCUT2D eigenvalue weighted by atomic mass is 9.94. The van der Waals surface area contributed by atoms with Crippen molar-refractivity contribution >= 4 is 0 Å². The van der Waals surface area contributed by atoms with Gasteiger partial charge in [-0.25, -0.2) is 4.98 Å². The van der Waals surface area contributed by atoms with Gasteiger partial charge in [-0.2, -0.15) is 5.10 Å². The Bertz CT molecular complexity index is 521. The van der Waals surface area contributed by atoms with E-state index in [1.807, 2.05) is 29.6 Å². The summed E-state index contributed by atoms with van der Waals surface area (Å²) in [6.45, 7) is 8.00. The summed E-state index contributed by atoms with van der Waals surface area (Å²) in [6.07, 6.45) is 9.57. The third-order valence-corrected chi connectivity index (χ3v) is 3.86. The van der Waals surface area contributed by atoms with Crippen molar-refractivity contribution in [2.75, 3.05) is 0 Å². The highest BCUT2D eigenvalue weighted by Crippen LogP contribution is 2.22. The number of rotatable bonds is 6. The molecule has 2 heterocycles. The van der Waals surface area contributed by atoms with Crippen LogP contribution in [-0.4, -0.2) is 24.9 Å². The fraction of sp³-hybridized carbons (Fsp3) is 0.571. The van der Waals surface area contributed by atoms with Crippen molar-refractivity contribution in [3.8, 4) is 11.3 Å². The van der Waals surface area contributed by atoms with Gasteiger partial charge in [0.25, 0.3) is 0 Å². The second-order valence-corrected chi connectivity index (χ2v) is 5.06. The van der Waals surface area contributed by atoms with Crippen LogP contribution in [0.25, 0.3) is 11.3 Å². The van der Waals surface area contributed by atoms with Crippen molar-refractivity contribution in [3.05, 3.63) is 24.9 Å². The summed E-state index contributed by atoms with van der Waals surface area (Å²) in [5, 5.41) is 4.31. The Morgan fingerprint density at radius 1 is 1.21 bits per heavy atom. The first-order chi connectivity index (χ1) is 9.11. The third-order valence-electron chi connectivity index (χ3n) is 3.86. The molecule has 5 heteroatoms. The molecule has 0 saturated heterocycles. The van der Waals surface area contributed by atoms with Crippen LogP contribution in [0.4, 0.5) is 0 Å². The lowest BCUT2D eigenvalue weighted by Crippen LogP contribution is -2.42. The van der Waals surface area contributed by atoms with Gasteiger partial charge in [-0.3, -0.25) is 4.68 Å². The summed E-state index contributed by atoms with van der Waals surface area (Å²) in [5.74, 6) is 0. The maximum absolute atomic E-state index is 6.40. The van der Waals surface area contributed by atoms with E-state index in [9.17, 15) is 0 Å². The summed E-state index contributed by atoms with van der Waals surface area (Å²) in [7, 11) is 0. The van der Waals surface area contributed by atoms with Crippen LogP contribution in [-0.2, 0) is 13.1 Å². The van der Waals surface area contributed by atoms with Crippen LogP contribution in [0.1, 0.15) is 33.6 Å². The maximum Gasteiger partial charge on any atom is 0.0951 e. The van der Waals surface area contributed by atoms with E-state index in [4.69, 9.17) is 5.73 Å². The normalized spacial score (nSPS) is 12.0. The molecule has 0 spiro atoms. The Hall–Kier alpha value is -1.62. The maximum atomic E-state index is 6.40. The monoisotopic (exact) mass is 261 g/mol. The Morgan fingerprint density at radius 2 is 1.95 bits per heavy atom. The van der Waals surface area contributed by atoms with E-state index < -0.39 is 0 Å². The molecule has 5 nitrogen and oxygen atoms in total. The number of nitrogens with zero attached hydrogens (tertiary/aromatic N) is 4. The van der Waals surface area contributed by atoms with Crippen molar-refractivity contribution in [1.29, 1.82) is 0 Å². The minimum Gasteiger partial charge on any atom is -0.329 e. The Balaban J connectivity index is 2.27. The molecule has 0 aliphatic carbocycles. The molecule has 0 aromatic carbocycles. The molecule has 2 aromatic rings.